The van der Waals surface area contributed by atoms with E-state index in [1.165, 1.54) is 13.0 Å². The third-order valence-electron chi connectivity index (χ3n) is 5.23. The van der Waals surface area contributed by atoms with Crippen LogP contribution in [0.2, 0.25) is 5.02 Å². The van der Waals surface area contributed by atoms with Crippen molar-refractivity contribution in [3.63, 3.8) is 0 Å². The molecule has 2 aromatic rings. The van der Waals surface area contributed by atoms with E-state index in [4.69, 9.17) is 11.6 Å². The van der Waals surface area contributed by atoms with Gasteiger partial charge in [0, 0.05) is 33.1 Å². The van der Waals surface area contributed by atoms with Crippen molar-refractivity contribution in [2.45, 2.75) is 39.3 Å². The molecule has 0 saturated carbocycles. The number of likely N-dealkylation sites (N-methyl/N-ethyl adjacent to an activating group) is 1. The van der Waals surface area contributed by atoms with Gasteiger partial charge in [0.2, 0.25) is 0 Å². The lowest BCUT2D eigenvalue weighted by molar-refractivity contribution is -0.909. The third kappa shape index (κ3) is 3.94. The molecule has 0 bridgehead atoms. The molecule has 1 aliphatic rings. The molecule has 0 radical (unpaired) electrons. The van der Waals surface area contributed by atoms with Gasteiger partial charge in [-0.05, 0) is 19.9 Å². The zero-order chi connectivity index (χ0) is 18.8. The number of rotatable bonds is 6. The summed E-state index contributed by atoms with van der Waals surface area (Å²) in [6.45, 7) is 7.49. The van der Waals surface area contributed by atoms with Crippen LogP contribution in [0.15, 0.2) is 12.3 Å². The average molecular weight is 380 g/mol. The highest BCUT2D eigenvalue weighted by Crippen LogP contribution is 2.18. The van der Waals surface area contributed by atoms with Crippen molar-refractivity contribution in [2.75, 3.05) is 19.6 Å². The zero-order valence-corrected chi connectivity index (χ0v) is 16.8. The molecule has 3 rings (SSSR count). The van der Waals surface area contributed by atoms with Crippen molar-refractivity contribution in [3.8, 4) is 0 Å². The van der Waals surface area contributed by atoms with E-state index < -0.39 is 0 Å². The highest BCUT2D eigenvalue weighted by Gasteiger charge is 2.32. The summed E-state index contributed by atoms with van der Waals surface area (Å²) in [5, 5.41) is 9.35. The van der Waals surface area contributed by atoms with E-state index in [9.17, 15) is 4.79 Å². The fraction of sp³-hybridized carbons (Fsp3) is 0.611. The van der Waals surface area contributed by atoms with Gasteiger partial charge in [-0.25, -0.2) is 0 Å². The number of aromatic nitrogens is 4. The summed E-state index contributed by atoms with van der Waals surface area (Å²) >= 11 is 6.30. The molecule has 142 valence electrons. The number of nitrogens with one attached hydrogen (secondary N) is 1. The summed E-state index contributed by atoms with van der Waals surface area (Å²) in [6.07, 6.45) is 4.13. The summed E-state index contributed by atoms with van der Waals surface area (Å²) in [7, 11) is 3.65. The van der Waals surface area contributed by atoms with Crippen LogP contribution in [-0.2, 0) is 20.6 Å². The Labute approximate surface area is 159 Å². The second kappa shape index (κ2) is 7.80. The predicted octanol–water partition coefficient (Wildman–Crippen LogP) is 0.825. The van der Waals surface area contributed by atoms with Gasteiger partial charge in [0.1, 0.15) is 17.4 Å². The van der Waals surface area contributed by atoms with E-state index in [1.807, 2.05) is 32.0 Å². The van der Waals surface area contributed by atoms with Gasteiger partial charge >= 0.3 is 0 Å². The second-order valence-corrected chi connectivity index (χ2v) is 7.59. The maximum Gasteiger partial charge on any atom is 0.272 e. The first-order valence-corrected chi connectivity index (χ1v) is 9.59. The molecular formula is C18H28ClN6O+. The molecule has 1 saturated heterocycles. The van der Waals surface area contributed by atoms with E-state index in [2.05, 4.69) is 17.1 Å². The molecule has 1 amide bonds. The van der Waals surface area contributed by atoms with Crippen molar-refractivity contribution < 1.29 is 9.69 Å². The van der Waals surface area contributed by atoms with Crippen LogP contribution in [0.3, 0.4) is 0 Å². The molecule has 2 aromatic heterocycles. The number of halogens is 1. The minimum atomic E-state index is -0.0165. The highest BCUT2D eigenvalue weighted by atomic mass is 35.5. The molecule has 0 aliphatic carbocycles. The number of hydrogen-bond donors (Lipinski definition) is 1. The lowest BCUT2D eigenvalue weighted by atomic mass is 10.2. The average Bonchev–Trinajstić information content (AvgIpc) is 3.25. The monoisotopic (exact) mass is 379 g/mol. The van der Waals surface area contributed by atoms with Crippen molar-refractivity contribution >= 4 is 17.5 Å². The van der Waals surface area contributed by atoms with Crippen molar-refractivity contribution in [3.05, 3.63) is 34.4 Å². The molecule has 0 spiro atoms. The summed E-state index contributed by atoms with van der Waals surface area (Å²) in [6, 6.07) is 2.30. The Morgan fingerprint density at radius 2 is 2.19 bits per heavy atom. The normalized spacial score (nSPS) is 19.9. The van der Waals surface area contributed by atoms with Gasteiger partial charge in [-0.15, -0.1) is 0 Å². The lowest BCUT2D eigenvalue weighted by Gasteiger charge is -2.28. The van der Waals surface area contributed by atoms with Gasteiger partial charge < -0.3 is 9.80 Å². The number of quaternary nitrogens is 1. The first kappa shape index (κ1) is 18.9. The molecule has 2 atom stereocenters. The Balaban J connectivity index is 1.86. The number of hydrogen-bond acceptors (Lipinski definition) is 3. The van der Waals surface area contributed by atoms with E-state index >= 15 is 0 Å². The third-order valence-corrected chi connectivity index (χ3v) is 5.54. The van der Waals surface area contributed by atoms with Gasteiger partial charge in [0.15, 0.2) is 0 Å². The Bertz CT molecular complexity index is 783. The van der Waals surface area contributed by atoms with Crippen LogP contribution in [0.25, 0.3) is 0 Å². The molecule has 1 unspecified atom stereocenters. The molecular weight excluding hydrogens is 352 g/mol. The van der Waals surface area contributed by atoms with Crippen LogP contribution in [0.5, 0.6) is 0 Å². The molecule has 3 heterocycles. The van der Waals surface area contributed by atoms with Crippen molar-refractivity contribution in [1.82, 2.24) is 24.5 Å². The maximum absolute atomic E-state index is 13.3. The number of nitrogens with zero attached hydrogens (tertiary/aromatic N) is 5. The largest absolute Gasteiger partial charge is 0.331 e. The Hall–Kier alpha value is -1.86. The summed E-state index contributed by atoms with van der Waals surface area (Å²) in [5.41, 5.74) is 2.18. The Morgan fingerprint density at radius 1 is 1.42 bits per heavy atom. The molecule has 7 nitrogen and oxygen atoms in total. The lowest BCUT2D eigenvalue weighted by Crippen LogP contribution is -3.14. The topological polar surface area (TPSA) is 60.4 Å². The van der Waals surface area contributed by atoms with Gasteiger partial charge in [-0.2, -0.15) is 10.2 Å². The molecule has 26 heavy (non-hydrogen) atoms. The summed E-state index contributed by atoms with van der Waals surface area (Å²) < 4.78 is 3.34. The van der Waals surface area contributed by atoms with E-state index in [1.54, 1.807) is 20.5 Å². The van der Waals surface area contributed by atoms with Crippen LogP contribution in [-0.4, -0.2) is 56.0 Å². The first-order chi connectivity index (χ1) is 12.4. The van der Waals surface area contributed by atoms with Gasteiger partial charge in [0.25, 0.3) is 5.91 Å². The van der Waals surface area contributed by atoms with Gasteiger partial charge in [-0.3, -0.25) is 14.2 Å². The molecule has 1 N–H and O–H groups in total. The smallest absolute Gasteiger partial charge is 0.272 e. The number of aryl methyl sites for hydroxylation is 3. The predicted molar refractivity (Wildman–Crippen MR) is 100 cm³/mol. The van der Waals surface area contributed by atoms with Crippen molar-refractivity contribution in [1.29, 1.82) is 0 Å². The van der Waals surface area contributed by atoms with Crippen LogP contribution < -0.4 is 4.90 Å². The van der Waals surface area contributed by atoms with Crippen LogP contribution in [0, 0.1) is 6.92 Å². The van der Waals surface area contributed by atoms with E-state index in [0.29, 0.717) is 29.8 Å². The Morgan fingerprint density at radius 3 is 2.77 bits per heavy atom. The van der Waals surface area contributed by atoms with Crippen molar-refractivity contribution in [2.24, 2.45) is 14.1 Å². The molecule has 8 heteroatoms. The first-order valence-electron chi connectivity index (χ1n) is 9.21. The number of amides is 1. The molecule has 1 fully saturated rings. The number of carbonyl (C=O) groups excluding carboxylic acids is 1. The number of likely N-dealkylation sites (tertiary alicyclic amines) is 1. The van der Waals surface area contributed by atoms with E-state index in [0.717, 1.165) is 24.4 Å². The molecule has 1 aliphatic heterocycles. The van der Waals surface area contributed by atoms with E-state index in [-0.39, 0.29) is 5.91 Å². The fourth-order valence-electron chi connectivity index (χ4n) is 3.92. The quantitative estimate of drug-likeness (QED) is 0.808. The summed E-state index contributed by atoms with van der Waals surface area (Å²) in [4.78, 5) is 16.7. The summed E-state index contributed by atoms with van der Waals surface area (Å²) in [5.74, 6) is -0.0165. The zero-order valence-electron chi connectivity index (χ0n) is 16.0. The van der Waals surface area contributed by atoms with Crippen LogP contribution >= 0.6 is 11.6 Å². The highest BCUT2D eigenvalue weighted by molar-refractivity contribution is 6.31. The second-order valence-electron chi connectivity index (χ2n) is 7.18. The van der Waals surface area contributed by atoms with Crippen LogP contribution in [0.1, 0.15) is 41.6 Å². The maximum atomic E-state index is 13.3. The fourth-order valence-corrected chi connectivity index (χ4v) is 4.16. The standard InChI is InChI=1S/C18H27ClN6O/c1-5-24-8-6-7-14(24)10-25(12-16-15(19)11-22(3)21-16)18(26)17-9-13(2)20-23(17)4/h9,11,14H,5-8,10,12H2,1-4H3/p+1/t14-/m1/s1. The molecule has 0 aromatic carbocycles. The van der Waals surface area contributed by atoms with Crippen LogP contribution in [0.4, 0.5) is 0 Å². The number of carbonyl (C=O) groups is 1. The van der Waals surface area contributed by atoms with Gasteiger partial charge in [-0.1, -0.05) is 11.6 Å². The SMILES string of the molecule is CC[NH+]1CCC[C@@H]1CN(Cc1nn(C)cc1Cl)C(=O)c1cc(C)nn1C. The minimum Gasteiger partial charge on any atom is -0.331 e. The van der Waals surface area contributed by atoms with Gasteiger partial charge in [0.05, 0.1) is 36.9 Å². The minimum absolute atomic E-state index is 0.0165. The Kier molecular flexibility index (Phi) is 5.67.